The van der Waals surface area contributed by atoms with Crippen molar-refractivity contribution in [2.24, 2.45) is 5.41 Å². The van der Waals surface area contributed by atoms with Crippen LogP contribution in [-0.2, 0) is 39.9 Å². The molecule has 0 bridgehead atoms. The zero-order valence-electron chi connectivity index (χ0n) is 26.9. The fourth-order valence-electron chi connectivity index (χ4n) is 5.09. The van der Waals surface area contributed by atoms with Crippen LogP contribution in [-0.4, -0.2) is 79.6 Å². The van der Waals surface area contributed by atoms with Crippen LogP contribution >= 0.6 is 0 Å². The Labute approximate surface area is 272 Å². The molecule has 254 valence electrons. The SMILES string of the molecule is C=CC(=O)OCC(C)(C)C(=O)C(=O)N1CCCC[C@H]1C(=O)O[C@H](CCc1ccc(OC)c(OC)c1F)c1cccc(OCC(=O)O)c1. The number of amides is 1. The molecule has 1 saturated heterocycles. The summed E-state index contributed by atoms with van der Waals surface area (Å²) in [6.45, 7) is 5.41. The number of carboxylic acids is 1. The van der Waals surface area contributed by atoms with Crippen molar-refractivity contribution in [1.82, 2.24) is 4.90 Å². The zero-order valence-corrected chi connectivity index (χ0v) is 26.9. The van der Waals surface area contributed by atoms with E-state index in [9.17, 15) is 24.0 Å². The monoisotopic (exact) mass is 657 g/mol. The van der Waals surface area contributed by atoms with Crippen LogP contribution in [0.5, 0.6) is 17.2 Å². The second-order valence-corrected chi connectivity index (χ2v) is 11.5. The van der Waals surface area contributed by atoms with E-state index < -0.39 is 59.6 Å². The molecule has 13 heteroatoms. The molecule has 2 atom stereocenters. The van der Waals surface area contributed by atoms with Gasteiger partial charge in [-0.05, 0) is 75.3 Å². The fourth-order valence-corrected chi connectivity index (χ4v) is 5.09. The standard InChI is InChI=1S/C34H40FNO11/c1-6-28(39)46-20-34(2,3)31(40)32(41)36-17-8-7-12-24(36)33(42)47-25(22-10-9-11-23(18-22)45-19-27(37)38)15-13-21-14-16-26(43-4)30(44-5)29(21)35/h6,9-11,14,16,18,24-25H,1,7-8,12-13,15,17,19-20H2,2-5H3,(H,37,38)/t24-,25+/m0/s1. The van der Waals surface area contributed by atoms with Gasteiger partial charge in [-0.2, -0.15) is 0 Å². The number of benzene rings is 2. The Morgan fingerprint density at radius 1 is 1.11 bits per heavy atom. The molecule has 1 aliphatic heterocycles. The first-order valence-corrected chi connectivity index (χ1v) is 15.0. The lowest BCUT2D eigenvalue weighted by Gasteiger charge is -2.36. The lowest BCUT2D eigenvalue weighted by atomic mass is 9.87. The van der Waals surface area contributed by atoms with Gasteiger partial charge in [-0.25, -0.2) is 18.8 Å². The van der Waals surface area contributed by atoms with E-state index in [1.165, 1.54) is 45.1 Å². The molecule has 1 heterocycles. The molecule has 47 heavy (non-hydrogen) atoms. The minimum Gasteiger partial charge on any atom is -0.493 e. The first-order chi connectivity index (χ1) is 22.3. The van der Waals surface area contributed by atoms with E-state index in [2.05, 4.69) is 6.58 Å². The molecular weight excluding hydrogens is 617 g/mol. The van der Waals surface area contributed by atoms with Gasteiger partial charge < -0.3 is 33.7 Å². The van der Waals surface area contributed by atoms with Gasteiger partial charge in [0.1, 0.15) is 24.5 Å². The molecule has 1 aliphatic rings. The molecule has 0 aromatic heterocycles. The first kappa shape index (κ1) is 36.5. The lowest BCUT2D eigenvalue weighted by Crippen LogP contribution is -2.53. The topological polar surface area (TPSA) is 155 Å². The molecule has 0 unspecified atom stereocenters. The number of halogens is 1. The first-order valence-electron chi connectivity index (χ1n) is 15.0. The highest BCUT2D eigenvalue weighted by atomic mass is 19.1. The number of likely N-dealkylation sites (tertiary alicyclic amines) is 1. The number of carbonyl (C=O) groups excluding carboxylic acids is 4. The van der Waals surface area contributed by atoms with Crippen molar-refractivity contribution in [3.63, 3.8) is 0 Å². The summed E-state index contributed by atoms with van der Waals surface area (Å²) in [5.74, 6) is -4.73. The van der Waals surface area contributed by atoms with Crippen LogP contribution in [0.1, 0.15) is 56.8 Å². The van der Waals surface area contributed by atoms with Crippen LogP contribution in [0.2, 0.25) is 0 Å². The summed E-state index contributed by atoms with van der Waals surface area (Å²) in [6.07, 6.45) is 1.53. The summed E-state index contributed by atoms with van der Waals surface area (Å²) in [5.41, 5.74) is -0.664. The normalized spacial score (nSPS) is 15.2. The number of nitrogens with zero attached hydrogens (tertiary/aromatic N) is 1. The number of hydrogen-bond acceptors (Lipinski definition) is 10. The van der Waals surface area contributed by atoms with Gasteiger partial charge in [0, 0.05) is 12.6 Å². The number of Topliss-reactive ketones (excluding diaryl/α,β-unsaturated/α-hetero) is 1. The molecule has 0 spiro atoms. The molecule has 0 saturated carbocycles. The van der Waals surface area contributed by atoms with E-state index in [1.807, 2.05) is 0 Å². The van der Waals surface area contributed by atoms with Crippen LogP contribution < -0.4 is 14.2 Å². The number of ether oxygens (including phenoxy) is 5. The van der Waals surface area contributed by atoms with Crippen molar-refractivity contribution >= 4 is 29.6 Å². The summed E-state index contributed by atoms with van der Waals surface area (Å²) >= 11 is 0. The third-order valence-electron chi connectivity index (χ3n) is 7.68. The Balaban J connectivity index is 1.88. The second kappa shape index (κ2) is 16.6. The number of carboxylic acid groups (broad SMARTS) is 1. The maximum absolute atomic E-state index is 15.3. The van der Waals surface area contributed by atoms with E-state index in [0.29, 0.717) is 18.4 Å². The van der Waals surface area contributed by atoms with Crippen molar-refractivity contribution < 1.29 is 57.2 Å². The molecule has 0 radical (unpaired) electrons. The van der Waals surface area contributed by atoms with Crippen LogP contribution in [0.15, 0.2) is 49.1 Å². The number of aliphatic carboxylic acids is 1. The molecular formula is C34H40FNO11. The van der Waals surface area contributed by atoms with Gasteiger partial charge in [0.2, 0.25) is 5.78 Å². The molecule has 1 amide bonds. The number of rotatable bonds is 16. The largest absolute Gasteiger partial charge is 0.493 e. The third kappa shape index (κ3) is 9.53. The van der Waals surface area contributed by atoms with Gasteiger partial charge in [0.05, 0.1) is 19.6 Å². The Bertz CT molecular complexity index is 1490. The maximum atomic E-state index is 15.3. The van der Waals surface area contributed by atoms with Crippen molar-refractivity contribution in [1.29, 1.82) is 0 Å². The van der Waals surface area contributed by atoms with Crippen LogP contribution in [0.4, 0.5) is 4.39 Å². The summed E-state index contributed by atoms with van der Waals surface area (Å²) in [6, 6.07) is 8.31. The number of ketones is 1. The maximum Gasteiger partial charge on any atom is 0.341 e. The van der Waals surface area contributed by atoms with E-state index in [-0.39, 0.29) is 55.2 Å². The van der Waals surface area contributed by atoms with Crippen LogP contribution in [0.3, 0.4) is 0 Å². The number of carbonyl (C=O) groups is 5. The quantitative estimate of drug-likeness (QED) is 0.157. The van der Waals surface area contributed by atoms with Gasteiger partial charge in [0.25, 0.3) is 5.91 Å². The molecule has 2 aromatic rings. The second-order valence-electron chi connectivity index (χ2n) is 11.5. The average Bonchev–Trinajstić information content (AvgIpc) is 3.07. The number of piperidine rings is 1. The Kier molecular flexibility index (Phi) is 12.9. The van der Waals surface area contributed by atoms with Gasteiger partial charge in [-0.3, -0.25) is 9.59 Å². The van der Waals surface area contributed by atoms with Gasteiger partial charge in [-0.1, -0.05) is 24.8 Å². The highest BCUT2D eigenvalue weighted by molar-refractivity contribution is 6.38. The van der Waals surface area contributed by atoms with Gasteiger partial charge in [-0.15, -0.1) is 0 Å². The van der Waals surface area contributed by atoms with E-state index in [4.69, 9.17) is 28.8 Å². The summed E-state index contributed by atoms with van der Waals surface area (Å²) in [7, 11) is 2.70. The highest BCUT2D eigenvalue weighted by Gasteiger charge is 2.42. The summed E-state index contributed by atoms with van der Waals surface area (Å²) in [5, 5.41) is 9.03. The predicted octanol–water partition coefficient (Wildman–Crippen LogP) is 4.23. The average molecular weight is 658 g/mol. The Morgan fingerprint density at radius 2 is 1.85 bits per heavy atom. The van der Waals surface area contributed by atoms with Gasteiger partial charge >= 0.3 is 17.9 Å². The lowest BCUT2D eigenvalue weighted by molar-refractivity contribution is -0.165. The van der Waals surface area contributed by atoms with Crippen molar-refractivity contribution in [2.45, 2.75) is 58.1 Å². The van der Waals surface area contributed by atoms with E-state index in [1.54, 1.807) is 24.3 Å². The van der Waals surface area contributed by atoms with Crippen LogP contribution in [0, 0.1) is 11.2 Å². The molecule has 3 rings (SSSR count). The summed E-state index contributed by atoms with van der Waals surface area (Å²) < 4.78 is 41.9. The van der Waals surface area contributed by atoms with Gasteiger partial charge in [0.15, 0.2) is 23.9 Å². The number of methoxy groups -OCH3 is 2. The molecule has 0 aliphatic carbocycles. The smallest absolute Gasteiger partial charge is 0.341 e. The molecule has 1 fully saturated rings. The minimum absolute atomic E-state index is 0.0779. The van der Waals surface area contributed by atoms with E-state index >= 15 is 4.39 Å². The van der Waals surface area contributed by atoms with E-state index in [0.717, 1.165) is 6.08 Å². The van der Waals surface area contributed by atoms with Crippen molar-refractivity contribution in [3.8, 4) is 17.2 Å². The zero-order chi connectivity index (χ0) is 34.7. The number of hydrogen-bond donors (Lipinski definition) is 1. The third-order valence-corrected chi connectivity index (χ3v) is 7.68. The molecule has 1 N–H and O–H groups in total. The summed E-state index contributed by atoms with van der Waals surface area (Å²) in [4.78, 5) is 64.2. The molecule has 12 nitrogen and oxygen atoms in total. The molecule has 2 aromatic carbocycles. The fraction of sp³-hybridized carbons (Fsp3) is 0.441. The Morgan fingerprint density at radius 3 is 2.51 bits per heavy atom. The Hall–Kier alpha value is -4.94. The van der Waals surface area contributed by atoms with Crippen molar-refractivity contribution in [3.05, 3.63) is 66.0 Å². The highest BCUT2D eigenvalue weighted by Crippen LogP contribution is 2.35. The number of aryl methyl sites for hydroxylation is 1. The minimum atomic E-state index is -1.37. The van der Waals surface area contributed by atoms with Crippen molar-refractivity contribution in [2.75, 3.05) is 34.0 Å². The van der Waals surface area contributed by atoms with Crippen LogP contribution in [0.25, 0.3) is 0 Å². The predicted molar refractivity (Wildman–Crippen MR) is 166 cm³/mol. The number of esters is 2.